The summed E-state index contributed by atoms with van der Waals surface area (Å²) in [5.74, 6) is 0.394. The van der Waals surface area contributed by atoms with E-state index in [1.807, 2.05) is 19.9 Å². The fourth-order valence-electron chi connectivity index (χ4n) is 3.75. The summed E-state index contributed by atoms with van der Waals surface area (Å²) in [6.07, 6.45) is 0.859. The summed E-state index contributed by atoms with van der Waals surface area (Å²) in [7, 11) is 0. The number of hydrogen-bond acceptors (Lipinski definition) is 5. The van der Waals surface area contributed by atoms with Crippen LogP contribution in [0.2, 0.25) is 0 Å². The lowest BCUT2D eigenvalue weighted by Crippen LogP contribution is -2.42. The summed E-state index contributed by atoms with van der Waals surface area (Å²) in [6.45, 7) is 8.78. The lowest BCUT2D eigenvalue weighted by molar-refractivity contribution is -0.127. The molecule has 1 aliphatic heterocycles. The second-order valence-corrected chi connectivity index (χ2v) is 9.43. The van der Waals surface area contributed by atoms with Crippen LogP contribution in [0, 0.1) is 11.3 Å². The van der Waals surface area contributed by atoms with E-state index < -0.39 is 16.9 Å². The number of benzene rings is 2. The van der Waals surface area contributed by atoms with Gasteiger partial charge >= 0.3 is 5.63 Å². The van der Waals surface area contributed by atoms with E-state index in [4.69, 9.17) is 9.15 Å². The number of nitrogens with one attached hydrogen (secondary N) is 1. The number of fused-ring (bicyclic) bond motifs is 2. The van der Waals surface area contributed by atoms with Crippen molar-refractivity contribution in [2.45, 2.75) is 34.1 Å². The van der Waals surface area contributed by atoms with Gasteiger partial charge in [-0.15, -0.1) is 0 Å². The Morgan fingerprint density at radius 1 is 1.12 bits per heavy atom. The third kappa shape index (κ3) is 4.62. The van der Waals surface area contributed by atoms with Crippen LogP contribution < -0.4 is 20.6 Å². The molecule has 0 aliphatic carbocycles. The molecule has 172 valence electrons. The molecule has 1 aliphatic rings. The molecule has 0 saturated heterocycles. The molecule has 0 fully saturated rings. The van der Waals surface area contributed by atoms with Gasteiger partial charge in [-0.3, -0.25) is 9.59 Å². The summed E-state index contributed by atoms with van der Waals surface area (Å²) in [5, 5.41) is 3.41. The van der Waals surface area contributed by atoms with Crippen LogP contribution in [-0.2, 0) is 4.79 Å². The lowest BCUT2D eigenvalue weighted by Gasteiger charge is -2.28. The summed E-state index contributed by atoms with van der Waals surface area (Å²) in [6, 6.07) is 13.7. The zero-order valence-electron chi connectivity index (χ0n) is 19.3. The van der Waals surface area contributed by atoms with Gasteiger partial charge in [-0.1, -0.05) is 32.0 Å². The first-order valence-electron chi connectivity index (χ1n) is 11.1. The maximum atomic E-state index is 13.2. The molecular weight excluding hydrogens is 420 g/mol. The number of carbonyl (C=O) groups is 2. The van der Waals surface area contributed by atoms with Gasteiger partial charge in [0, 0.05) is 23.7 Å². The molecule has 2 heterocycles. The largest absolute Gasteiger partial charge is 0.490 e. The minimum Gasteiger partial charge on any atom is -0.490 e. The highest BCUT2D eigenvalue weighted by Gasteiger charge is 2.37. The summed E-state index contributed by atoms with van der Waals surface area (Å²) in [5.41, 5.74) is 0.0931. The van der Waals surface area contributed by atoms with Crippen LogP contribution in [0.25, 0.3) is 11.0 Å². The molecule has 0 unspecified atom stereocenters. The van der Waals surface area contributed by atoms with Gasteiger partial charge in [-0.25, -0.2) is 4.79 Å². The van der Waals surface area contributed by atoms with Gasteiger partial charge < -0.3 is 19.4 Å². The highest BCUT2D eigenvalue weighted by Crippen LogP contribution is 2.38. The topological polar surface area (TPSA) is 88.8 Å². The van der Waals surface area contributed by atoms with Crippen molar-refractivity contribution < 1.29 is 18.7 Å². The molecule has 2 amide bonds. The Morgan fingerprint density at radius 2 is 1.88 bits per heavy atom. The number of anilines is 2. The van der Waals surface area contributed by atoms with Gasteiger partial charge in [0.05, 0.1) is 11.1 Å². The van der Waals surface area contributed by atoms with E-state index in [1.165, 1.54) is 6.07 Å². The Balaban J connectivity index is 1.63. The quantitative estimate of drug-likeness (QED) is 0.564. The second kappa shape index (κ2) is 8.73. The average molecular weight is 449 g/mol. The minimum atomic E-state index is -0.704. The van der Waals surface area contributed by atoms with Crippen LogP contribution in [-0.4, -0.2) is 25.0 Å². The fourth-order valence-corrected chi connectivity index (χ4v) is 3.75. The van der Waals surface area contributed by atoms with E-state index in [1.54, 1.807) is 41.3 Å². The Kier molecular flexibility index (Phi) is 5.97. The number of carbonyl (C=O) groups excluding carboxylic acids is 2. The zero-order chi connectivity index (χ0) is 23.8. The standard InChI is InChI=1S/C26H28N2O5/c1-16(2)11-12-28-20-10-9-18(14-22(20)32-15-26(3,4)25(28)31)27-23(29)19-13-17-7-5-6-8-21(17)33-24(19)30/h5-10,13-14,16H,11-12,15H2,1-4H3,(H,27,29). The van der Waals surface area contributed by atoms with Crippen LogP contribution >= 0.6 is 0 Å². The summed E-state index contributed by atoms with van der Waals surface area (Å²) in [4.78, 5) is 40.1. The molecule has 7 heteroatoms. The van der Waals surface area contributed by atoms with E-state index in [0.29, 0.717) is 40.6 Å². The predicted octanol–water partition coefficient (Wildman–Crippen LogP) is 4.84. The van der Waals surface area contributed by atoms with Crippen molar-refractivity contribution in [3.8, 4) is 5.75 Å². The van der Waals surface area contributed by atoms with Crippen molar-refractivity contribution in [2.24, 2.45) is 11.3 Å². The van der Waals surface area contributed by atoms with Crippen molar-refractivity contribution in [1.82, 2.24) is 0 Å². The molecule has 1 N–H and O–H groups in total. The van der Waals surface area contributed by atoms with Gasteiger partial charge in [-0.2, -0.15) is 0 Å². The minimum absolute atomic E-state index is 0.00691. The summed E-state index contributed by atoms with van der Waals surface area (Å²) >= 11 is 0. The highest BCUT2D eigenvalue weighted by atomic mass is 16.5. The molecule has 1 aromatic heterocycles. The van der Waals surface area contributed by atoms with Gasteiger partial charge in [0.2, 0.25) is 5.91 Å². The maximum Gasteiger partial charge on any atom is 0.349 e. The molecule has 0 saturated carbocycles. The highest BCUT2D eigenvalue weighted by molar-refractivity contribution is 6.06. The smallest absolute Gasteiger partial charge is 0.349 e. The lowest BCUT2D eigenvalue weighted by atomic mass is 9.92. The molecule has 0 atom stereocenters. The van der Waals surface area contributed by atoms with Crippen LogP contribution in [0.4, 0.5) is 11.4 Å². The third-order valence-electron chi connectivity index (χ3n) is 5.74. The Morgan fingerprint density at radius 3 is 2.64 bits per heavy atom. The molecule has 0 spiro atoms. The van der Waals surface area contributed by atoms with Gasteiger partial charge in [-0.05, 0) is 50.5 Å². The first kappa shape index (κ1) is 22.6. The summed E-state index contributed by atoms with van der Waals surface area (Å²) < 4.78 is 11.3. The fraction of sp³-hybridized carbons (Fsp3) is 0.346. The molecule has 33 heavy (non-hydrogen) atoms. The molecule has 0 bridgehead atoms. The van der Waals surface area contributed by atoms with E-state index in [-0.39, 0.29) is 18.1 Å². The predicted molar refractivity (Wildman–Crippen MR) is 128 cm³/mol. The SMILES string of the molecule is CC(C)CCN1C(=O)C(C)(C)COc2cc(NC(=O)c3cc4ccccc4oc3=O)ccc21. The third-order valence-corrected chi connectivity index (χ3v) is 5.74. The van der Waals surface area contributed by atoms with E-state index in [0.717, 1.165) is 6.42 Å². The van der Waals surface area contributed by atoms with Crippen LogP contribution in [0.15, 0.2) is 57.7 Å². The molecular formula is C26H28N2O5. The number of para-hydroxylation sites is 1. The van der Waals surface area contributed by atoms with Crippen molar-refractivity contribution in [3.05, 3.63) is 64.5 Å². The molecule has 0 radical (unpaired) electrons. The number of ether oxygens (including phenoxy) is 1. The number of rotatable bonds is 5. The van der Waals surface area contributed by atoms with Gasteiger partial charge in [0.25, 0.3) is 5.91 Å². The van der Waals surface area contributed by atoms with Gasteiger partial charge in [0.15, 0.2) is 0 Å². The van der Waals surface area contributed by atoms with Crippen LogP contribution in [0.3, 0.4) is 0 Å². The molecule has 4 rings (SSSR count). The van der Waals surface area contributed by atoms with Crippen molar-refractivity contribution in [1.29, 1.82) is 0 Å². The Hall–Kier alpha value is -3.61. The van der Waals surface area contributed by atoms with Crippen molar-refractivity contribution in [3.63, 3.8) is 0 Å². The first-order valence-corrected chi connectivity index (χ1v) is 11.1. The van der Waals surface area contributed by atoms with Crippen molar-refractivity contribution in [2.75, 3.05) is 23.4 Å². The van der Waals surface area contributed by atoms with E-state index >= 15 is 0 Å². The Bertz CT molecular complexity index is 1280. The van der Waals surface area contributed by atoms with Crippen LogP contribution in [0.5, 0.6) is 5.75 Å². The Labute approximate surface area is 192 Å². The van der Waals surface area contributed by atoms with Crippen LogP contribution in [0.1, 0.15) is 44.5 Å². The van der Waals surface area contributed by atoms with E-state index in [2.05, 4.69) is 19.2 Å². The number of amides is 2. The normalized spacial score (nSPS) is 15.2. The molecule has 2 aromatic carbocycles. The molecule has 3 aromatic rings. The first-order chi connectivity index (χ1) is 15.7. The second-order valence-electron chi connectivity index (χ2n) is 9.43. The molecule has 7 nitrogen and oxygen atoms in total. The van der Waals surface area contributed by atoms with E-state index in [9.17, 15) is 14.4 Å². The van der Waals surface area contributed by atoms with Gasteiger partial charge in [0.1, 0.15) is 23.5 Å². The maximum absolute atomic E-state index is 13.2. The monoisotopic (exact) mass is 448 g/mol. The number of nitrogens with zero attached hydrogens (tertiary/aromatic N) is 1. The average Bonchev–Trinajstić information content (AvgIpc) is 2.86. The number of hydrogen-bond donors (Lipinski definition) is 1. The van der Waals surface area contributed by atoms with Crippen molar-refractivity contribution >= 4 is 34.2 Å². The zero-order valence-corrected chi connectivity index (χ0v) is 19.3.